The first-order valence-electron chi connectivity index (χ1n) is 8.38. The molecule has 27 heavy (non-hydrogen) atoms. The van der Waals surface area contributed by atoms with E-state index in [0.717, 1.165) is 16.9 Å². The molecule has 0 saturated heterocycles. The zero-order valence-electron chi connectivity index (χ0n) is 14.2. The highest BCUT2D eigenvalue weighted by molar-refractivity contribution is 6.37. The Morgan fingerprint density at radius 3 is 2.56 bits per heavy atom. The highest BCUT2D eigenvalue weighted by atomic mass is 35.5. The van der Waals surface area contributed by atoms with Gasteiger partial charge in [-0.2, -0.15) is 0 Å². The third-order valence-corrected chi connectivity index (χ3v) is 4.77. The number of fused-ring (bicyclic) bond motifs is 1. The van der Waals surface area contributed by atoms with Crippen molar-refractivity contribution in [1.29, 1.82) is 0 Å². The van der Waals surface area contributed by atoms with Crippen molar-refractivity contribution in [3.05, 3.63) is 99.8 Å². The zero-order chi connectivity index (χ0) is 18.8. The average molecular weight is 396 g/mol. The van der Waals surface area contributed by atoms with Crippen LogP contribution in [0.3, 0.4) is 0 Å². The third kappa shape index (κ3) is 3.68. The number of carbonyl (C=O) groups is 1. The number of rotatable bonds is 4. The Labute approximate surface area is 166 Å². The normalized spacial score (nSPS) is 10.9. The van der Waals surface area contributed by atoms with E-state index in [2.05, 4.69) is 10.3 Å². The van der Waals surface area contributed by atoms with Gasteiger partial charge in [-0.05, 0) is 35.9 Å². The molecular formula is C21H15Cl2N3O. The van der Waals surface area contributed by atoms with Crippen molar-refractivity contribution in [2.75, 3.05) is 5.32 Å². The summed E-state index contributed by atoms with van der Waals surface area (Å²) in [5.41, 5.74) is 3.02. The van der Waals surface area contributed by atoms with Crippen molar-refractivity contribution in [2.45, 2.75) is 6.42 Å². The van der Waals surface area contributed by atoms with Crippen molar-refractivity contribution in [1.82, 2.24) is 9.38 Å². The number of amides is 1. The number of anilines is 1. The highest BCUT2D eigenvalue weighted by Crippen LogP contribution is 2.25. The fourth-order valence-electron chi connectivity index (χ4n) is 2.94. The van der Waals surface area contributed by atoms with Gasteiger partial charge in [-0.15, -0.1) is 0 Å². The number of nitrogens with zero attached hydrogens (tertiary/aromatic N) is 2. The monoisotopic (exact) mass is 395 g/mol. The molecule has 0 unspecified atom stereocenters. The summed E-state index contributed by atoms with van der Waals surface area (Å²) >= 11 is 12.1. The predicted molar refractivity (Wildman–Crippen MR) is 109 cm³/mol. The Morgan fingerprint density at radius 1 is 1.00 bits per heavy atom. The quantitative estimate of drug-likeness (QED) is 0.496. The molecule has 1 N–H and O–H groups in total. The molecule has 0 aliphatic rings. The number of hydrogen-bond acceptors (Lipinski definition) is 2. The summed E-state index contributed by atoms with van der Waals surface area (Å²) in [6.45, 7) is 0. The van der Waals surface area contributed by atoms with Crippen molar-refractivity contribution in [3.8, 4) is 0 Å². The van der Waals surface area contributed by atoms with Crippen LogP contribution in [0.2, 0.25) is 10.0 Å². The number of aromatic nitrogens is 2. The molecule has 0 aliphatic carbocycles. The molecule has 1 amide bonds. The van der Waals surface area contributed by atoms with Crippen LogP contribution < -0.4 is 5.32 Å². The molecule has 4 rings (SSSR count). The molecule has 0 radical (unpaired) electrons. The van der Waals surface area contributed by atoms with Gasteiger partial charge >= 0.3 is 0 Å². The molecule has 0 spiro atoms. The van der Waals surface area contributed by atoms with Crippen LogP contribution in [0.15, 0.2) is 72.9 Å². The maximum absolute atomic E-state index is 12.8. The molecule has 4 nitrogen and oxygen atoms in total. The Morgan fingerprint density at radius 2 is 1.78 bits per heavy atom. The van der Waals surface area contributed by atoms with Gasteiger partial charge in [-0.3, -0.25) is 9.20 Å². The van der Waals surface area contributed by atoms with Gasteiger partial charge in [0.2, 0.25) is 0 Å². The predicted octanol–water partition coefficient (Wildman–Crippen LogP) is 5.48. The highest BCUT2D eigenvalue weighted by Gasteiger charge is 2.17. The molecule has 134 valence electrons. The van der Waals surface area contributed by atoms with Crippen LogP contribution in [0.4, 0.5) is 5.82 Å². The lowest BCUT2D eigenvalue weighted by atomic mass is 10.1. The molecule has 0 atom stereocenters. The van der Waals surface area contributed by atoms with Crippen LogP contribution >= 0.6 is 23.2 Å². The molecule has 0 saturated carbocycles. The molecule has 2 aromatic carbocycles. The number of pyridine rings is 1. The Hall–Kier alpha value is -2.82. The minimum absolute atomic E-state index is 0.304. The summed E-state index contributed by atoms with van der Waals surface area (Å²) in [6, 6.07) is 20.5. The Kier molecular flexibility index (Phi) is 4.84. The number of carbonyl (C=O) groups excluding carboxylic acids is 1. The lowest BCUT2D eigenvalue weighted by Gasteiger charge is -2.09. The van der Waals surface area contributed by atoms with E-state index in [1.54, 1.807) is 18.2 Å². The summed E-state index contributed by atoms with van der Waals surface area (Å²) in [5, 5.41) is 3.75. The van der Waals surface area contributed by atoms with E-state index in [1.165, 1.54) is 0 Å². The van der Waals surface area contributed by atoms with E-state index in [1.807, 2.05) is 59.1 Å². The van der Waals surface area contributed by atoms with Crippen LogP contribution in [0, 0.1) is 0 Å². The molecule has 0 fully saturated rings. The molecule has 4 aromatic rings. The first kappa shape index (κ1) is 17.6. The second-order valence-electron chi connectivity index (χ2n) is 6.08. The number of halogens is 2. The molecule has 2 heterocycles. The van der Waals surface area contributed by atoms with Gasteiger partial charge in [0, 0.05) is 17.6 Å². The second-order valence-corrected chi connectivity index (χ2v) is 6.92. The van der Waals surface area contributed by atoms with Crippen LogP contribution in [-0.2, 0) is 6.42 Å². The van der Waals surface area contributed by atoms with E-state index in [-0.39, 0.29) is 5.91 Å². The number of imidazole rings is 1. The third-order valence-electron chi connectivity index (χ3n) is 4.22. The first-order chi connectivity index (χ1) is 13.1. The zero-order valence-corrected chi connectivity index (χ0v) is 15.7. The van der Waals surface area contributed by atoms with Gasteiger partial charge in [-0.1, -0.05) is 59.6 Å². The van der Waals surface area contributed by atoms with Gasteiger partial charge in [0.15, 0.2) is 0 Å². The van der Waals surface area contributed by atoms with Crippen molar-refractivity contribution < 1.29 is 4.79 Å². The SMILES string of the molecule is O=C(Nc1c(Cc2ccccc2)nc2ccccn12)c1ccc(Cl)cc1Cl. The fourth-order valence-corrected chi connectivity index (χ4v) is 3.43. The van der Waals surface area contributed by atoms with Gasteiger partial charge in [-0.25, -0.2) is 4.98 Å². The van der Waals surface area contributed by atoms with Gasteiger partial charge in [0.25, 0.3) is 5.91 Å². The average Bonchev–Trinajstić information content (AvgIpc) is 2.99. The molecule has 2 aromatic heterocycles. The van der Waals surface area contributed by atoms with E-state index >= 15 is 0 Å². The van der Waals surface area contributed by atoms with Crippen molar-refractivity contribution in [2.24, 2.45) is 0 Å². The summed E-state index contributed by atoms with van der Waals surface area (Å²) in [6.07, 6.45) is 2.47. The first-order valence-corrected chi connectivity index (χ1v) is 9.14. The summed E-state index contributed by atoms with van der Waals surface area (Å²) in [4.78, 5) is 17.5. The molecule has 0 aliphatic heterocycles. The van der Waals surface area contributed by atoms with E-state index < -0.39 is 0 Å². The largest absolute Gasteiger partial charge is 0.306 e. The molecule has 6 heteroatoms. The lowest BCUT2D eigenvalue weighted by molar-refractivity contribution is 0.102. The van der Waals surface area contributed by atoms with Crippen LogP contribution in [0.5, 0.6) is 0 Å². The number of hydrogen-bond donors (Lipinski definition) is 1. The number of benzene rings is 2. The second kappa shape index (κ2) is 7.43. The van der Waals surface area contributed by atoms with Crippen LogP contribution in [0.25, 0.3) is 5.65 Å². The van der Waals surface area contributed by atoms with Crippen molar-refractivity contribution >= 4 is 40.6 Å². The standard InChI is InChI=1S/C21H15Cl2N3O/c22-15-9-10-16(17(23)13-15)21(27)25-20-18(12-14-6-2-1-3-7-14)24-19-8-4-5-11-26(19)20/h1-11,13H,12H2,(H,25,27). The summed E-state index contributed by atoms with van der Waals surface area (Å²) < 4.78 is 1.86. The maximum atomic E-state index is 12.8. The number of nitrogens with one attached hydrogen (secondary N) is 1. The Bertz CT molecular complexity index is 1120. The topological polar surface area (TPSA) is 46.4 Å². The van der Waals surface area contributed by atoms with Gasteiger partial charge in [0.05, 0.1) is 16.3 Å². The minimum atomic E-state index is -0.309. The van der Waals surface area contributed by atoms with E-state index in [9.17, 15) is 4.79 Å². The lowest BCUT2D eigenvalue weighted by Crippen LogP contribution is -2.15. The fraction of sp³-hybridized carbons (Fsp3) is 0.0476. The summed E-state index contributed by atoms with van der Waals surface area (Å²) in [7, 11) is 0. The van der Waals surface area contributed by atoms with Crippen LogP contribution in [0.1, 0.15) is 21.6 Å². The minimum Gasteiger partial charge on any atom is -0.306 e. The molecule has 0 bridgehead atoms. The maximum Gasteiger partial charge on any atom is 0.258 e. The van der Waals surface area contributed by atoms with Gasteiger partial charge in [0.1, 0.15) is 11.5 Å². The van der Waals surface area contributed by atoms with E-state index in [4.69, 9.17) is 23.2 Å². The van der Waals surface area contributed by atoms with Gasteiger partial charge < -0.3 is 5.32 Å². The molecular weight excluding hydrogens is 381 g/mol. The van der Waals surface area contributed by atoms with E-state index in [0.29, 0.717) is 27.8 Å². The van der Waals surface area contributed by atoms with Crippen LogP contribution in [-0.4, -0.2) is 15.3 Å². The Balaban J connectivity index is 1.73. The van der Waals surface area contributed by atoms with Crippen molar-refractivity contribution in [3.63, 3.8) is 0 Å². The summed E-state index contributed by atoms with van der Waals surface area (Å²) in [5.74, 6) is 0.321. The smallest absolute Gasteiger partial charge is 0.258 e.